The lowest BCUT2D eigenvalue weighted by Gasteiger charge is -2.15. The number of halogens is 2. The Labute approximate surface area is 287 Å². The largest absolute Gasteiger partial charge is 0.453 e. The van der Waals surface area contributed by atoms with Crippen LogP contribution in [0.5, 0.6) is 69.0 Å². The first kappa shape index (κ1) is 31.8. The highest BCUT2D eigenvalue weighted by atomic mass is 19.1. The standard InChI is InChI=1S/C42H28F2O6/c43-29-11-7-13-31(25-29)45-37-19-1-3-21-39(37)47-33-15-9-17-35(27-33)49-41-23-5-6-24-42(41)50-36-18-10-16-34(28-36)48-40-22-4-2-20-38(40)46-32-14-8-12-30(44)26-32/h1-28H. The van der Waals surface area contributed by atoms with Gasteiger partial charge in [0, 0.05) is 24.3 Å². The van der Waals surface area contributed by atoms with Crippen LogP contribution in [0.25, 0.3) is 0 Å². The van der Waals surface area contributed by atoms with Gasteiger partial charge in [-0.1, -0.05) is 60.7 Å². The summed E-state index contributed by atoms with van der Waals surface area (Å²) in [7, 11) is 0. The topological polar surface area (TPSA) is 55.4 Å². The molecule has 0 aromatic heterocycles. The van der Waals surface area contributed by atoms with Crippen LogP contribution in [0.15, 0.2) is 170 Å². The Morgan fingerprint density at radius 2 is 0.460 bits per heavy atom. The van der Waals surface area contributed by atoms with Crippen molar-refractivity contribution in [2.75, 3.05) is 0 Å². The smallest absolute Gasteiger partial charge is 0.169 e. The lowest BCUT2D eigenvalue weighted by molar-refractivity contribution is 0.403. The van der Waals surface area contributed by atoms with E-state index in [0.29, 0.717) is 69.0 Å². The number of ether oxygens (including phenoxy) is 6. The molecule has 0 aliphatic carbocycles. The van der Waals surface area contributed by atoms with Crippen LogP contribution in [0.3, 0.4) is 0 Å². The summed E-state index contributed by atoms with van der Waals surface area (Å²) in [5.41, 5.74) is 0. The lowest BCUT2D eigenvalue weighted by atomic mass is 10.2. The van der Waals surface area contributed by atoms with Gasteiger partial charge in [0.1, 0.15) is 46.1 Å². The number of para-hydroxylation sites is 6. The molecule has 0 N–H and O–H groups in total. The van der Waals surface area contributed by atoms with Gasteiger partial charge in [0.2, 0.25) is 0 Å². The van der Waals surface area contributed by atoms with Gasteiger partial charge in [-0.05, 0) is 84.9 Å². The molecule has 0 unspecified atom stereocenters. The van der Waals surface area contributed by atoms with Crippen molar-refractivity contribution in [3.8, 4) is 69.0 Å². The molecule has 7 rings (SSSR count). The normalized spacial score (nSPS) is 10.6. The van der Waals surface area contributed by atoms with Crippen LogP contribution in [0, 0.1) is 11.6 Å². The minimum atomic E-state index is -0.397. The highest BCUT2D eigenvalue weighted by molar-refractivity contribution is 5.50. The molecule has 246 valence electrons. The zero-order valence-electron chi connectivity index (χ0n) is 26.4. The molecule has 0 aliphatic heterocycles. The maximum Gasteiger partial charge on any atom is 0.169 e. The Kier molecular flexibility index (Phi) is 9.51. The second-order valence-corrected chi connectivity index (χ2v) is 10.8. The maximum atomic E-state index is 13.7. The molecule has 6 nitrogen and oxygen atoms in total. The summed E-state index contributed by atoms with van der Waals surface area (Å²) < 4.78 is 64.1. The molecule has 0 amide bonds. The second kappa shape index (κ2) is 15.0. The van der Waals surface area contributed by atoms with Gasteiger partial charge < -0.3 is 28.4 Å². The van der Waals surface area contributed by atoms with E-state index in [4.69, 9.17) is 28.4 Å². The van der Waals surface area contributed by atoms with Crippen molar-refractivity contribution in [2.45, 2.75) is 0 Å². The van der Waals surface area contributed by atoms with E-state index in [1.54, 1.807) is 109 Å². The van der Waals surface area contributed by atoms with Gasteiger partial charge in [0.15, 0.2) is 34.5 Å². The number of rotatable bonds is 12. The molecular weight excluding hydrogens is 638 g/mol. The summed E-state index contributed by atoms with van der Waals surface area (Å²) in [6.07, 6.45) is 0. The third-order valence-electron chi connectivity index (χ3n) is 7.12. The van der Waals surface area contributed by atoms with E-state index in [1.807, 2.05) is 36.4 Å². The van der Waals surface area contributed by atoms with E-state index in [1.165, 1.54) is 24.3 Å². The Bertz CT molecular complexity index is 2080. The lowest BCUT2D eigenvalue weighted by Crippen LogP contribution is -1.93. The number of benzene rings is 7. The van der Waals surface area contributed by atoms with Crippen molar-refractivity contribution in [3.05, 3.63) is 181 Å². The zero-order chi connectivity index (χ0) is 34.1. The van der Waals surface area contributed by atoms with E-state index >= 15 is 0 Å². The van der Waals surface area contributed by atoms with Crippen molar-refractivity contribution in [1.29, 1.82) is 0 Å². The second-order valence-electron chi connectivity index (χ2n) is 10.8. The van der Waals surface area contributed by atoms with Gasteiger partial charge in [-0.3, -0.25) is 0 Å². The first-order chi connectivity index (χ1) is 24.5. The Balaban J connectivity index is 1.05. The van der Waals surface area contributed by atoms with Crippen LogP contribution in [-0.4, -0.2) is 0 Å². The molecule has 8 heteroatoms. The fourth-order valence-corrected chi connectivity index (χ4v) is 4.88. The molecule has 7 aromatic carbocycles. The molecule has 0 saturated carbocycles. The van der Waals surface area contributed by atoms with Gasteiger partial charge >= 0.3 is 0 Å². The van der Waals surface area contributed by atoms with E-state index in [2.05, 4.69) is 0 Å². The van der Waals surface area contributed by atoms with Gasteiger partial charge in [-0.15, -0.1) is 0 Å². The fourth-order valence-electron chi connectivity index (χ4n) is 4.88. The van der Waals surface area contributed by atoms with Crippen molar-refractivity contribution in [3.63, 3.8) is 0 Å². The highest BCUT2D eigenvalue weighted by Gasteiger charge is 2.13. The molecule has 50 heavy (non-hydrogen) atoms. The zero-order valence-corrected chi connectivity index (χ0v) is 26.4. The fraction of sp³-hybridized carbons (Fsp3) is 0. The maximum absolute atomic E-state index is 13.7. The third kappa shape index (κ3) is 8.18. The van der Waals surface area contributed by atoms with Crippen LogP contribution in [-0.2, 0) is 0 Å². The molecule has 0 atom stereocenters. The van der Waals surface area contributed by atoms with Gasteiger partial charge in [0.25, 0.3) is 0 Å². The first-order valence-corrected chi connectivity index (χ1v) is 15.6. The third-order valence-corrected chi connectivity index (χ3v) is 7.12. The van der Waals surface area contributed by atoms with E-state index in [0.717, 1.165) is 0 Å². The van der Waals surface area contributed by atoms with Gasteiger partial charge in [-0.25, -0.2) is 8.78 Å². The van der Waals surface area contributed by atoms with Crippen molar-refractivity contribution < 1.29 is 37.2 Å². The van der Waals surface area contributed by atoms with Gasteiger partial charge in [0.05, 0.1) is 0 Å². The first-order valence-electron chi connectivity index (χ1n) is 15.6. The van der Waals surface area contributed by atoms with Gasteiger partial charge in [-0.2, -0.15) is 0 Å². The molecular formula is C42H28F2O6. The molecule has 0 fully saturated rings. The molecule has 0 bridgehead atoms. The van der Waals surface area contributed by atoms with E-state index in [9.17, 15) is 8.78 Å². The molecule has 0 radical (unpaired) electrons. The SMILES string of the molecule is Fc1cccc(Oc2ccccc2Oc2cccc(Oc3ccccc3Oc3cccc(Oc4ccccc4Oc4cccc(F)c4)c3)c2)c1. The molecule has 7 aromatic rings. The van der Waals surface area contributed by atoms with Crippen LogP contribution in [0.4, 0.5) is 8.78 Å². The minimum absolute atomic E-state index is 0.353. The summed E-state index contributed by atoms with van der Waals surface area (Å²) in [6, 6.07) is 47.7. The number of hydrogen-bond donors (Lipinski definition) is 0. The predicted octanol–water partition coefficient (Wildman–Crippen LogP) is 12.7. The van der Waals surface area contributed by atoms with Crippen molar-refractivity contribution in [1.82, 2.24) is 0 Å². The Morgan fingerprint density at radius 1 is 0.240 bits per heavy atom. The molecule has 0 saturated heterocycles. The van der Waals surface area contributed by atoms with E-state index < -0.39 is 11.6 Å². The quantitative estimate of drug-likeness (QED) is 0.129. The molecule has 0 heterocycles. The summed E-state index contributed by atoms with van der Waals surface area (Å²) in [4.78, 5) is 0. The van der Waals surface area contributed by atoms with E-state index in [-0.39, 0.29) is 0 Å². The minimum Gasteiger partial charge on any atom is -0.453 e. The highest BCUT2D eigenvalue weighted by Crippen LogP contribution is 2.40. The summed E-state index contributed by atoms with van der Waals surface area (Å²) in [5.74, 6) is 4.63. The van der Waals surface area contributed by atoms with Crippen LogP contribution in [0.2, 0.25) is 0 Å². The summed E-state index contributed by atoms with van der Waals surface area (Å²) in [6.45, 7) is 0. The predicted molar refractivity (Wildman–Crippen MR) is 185 cm³/mol. The average Bonchev–Trinajstić information content (AvgIpc) is 3.11. The Hall–Kier alpha value is -6.80. The van der Waals surface area contributed by atoms with Crippen LogP contribution < -0.4 is 28.4 Å². The molecule has 0 aliphatic rings. The van der Waals surface area contributed by atoms with Crippen molar-refractivity contribution >= 4 is 0 Å². The average molecular weight is 667 g/mol. The molecule has 0 spiro atoms. The number of hydrogen-bond acceptors (Lipinski definition) is 6. The monoisotopic (exact) mass is 666 g/mol. The Morgan fingerprint density at radius 3 is 0.700 bits per heavy atom. The van der Waals surface area contributed by atoms with Crippen molar-refractivity contribution in [2.24, 2.45) is 0 Å². The summed E-state index contributed by atoms with van der Waals surface area (Å²) in [5, 5.41) is 0. The van der Waals surface area contributed by atoms with Crippen LogP contribution >= 0.6 is 0 Å². The van der Waals surface area contributed by atoms with Crippen LogP contribution in [0.1, 0.15) is 0 Å². The summed E-state index contributed by atoms with van der Waals surface area (Å²) >= 11 is 0.